The Kier molecular flexibility index (Phi) is 4.19. The fourth-order valence-corrected chi connectivity index (χ4v) is 1.35. The predicted molar refractivity (Wildman–Crippen MR) is 46.4 cm³/mol. The molecule has 10 heavy (non-hydrogen) atoms. The van der Waals surface area contributed by atoms with Gasteiger partial charge in [0.1, 0.15) is 0 Å². The third kappa shape index (κ3) is 2.91. The quantitative estimate of drug-likeness (QED) is 0.548. The van der Waals surface area contributed by atoms with Crippen LogP contribution in [0.3, 0.4) is 0 Å². The normalized spacial score (nSPS) is 10.1. The average molecular weight is 137 g/mol. The summed E-state index contributed by atoms with van der Waals surface area (Å²) in [6, 6.07) is 2.23. The van der Waals surface area contributed by atoms with Gasteiger partial charge in [-0.15, -0.1) is 0 Å². The van der Waals surface area contributed by atoms with Crippen molar-refractivity contribution < 1.29 is 0 Å². The summed E-state index contributed by atoms with van der Waals surface area (Å²) in [5, 5.41) is 8.48. The van der Waals surface area contributed by atoms with Crippen molar-refractivity contribution in [1.29, 1.82) is 5.26 Å². The molecule has 0 bridgehead atoms. The van der Waals surface area contributed by atoms with Gasteiger partial charge in [0.05, 0.1) is 6.07 Å². The first-order chi connectivity index (χ1) is 4.59. The fourth-order valence-electron chi connectivity index (χ4n) is 1.35. The van der Waals surface area contributed by atoms with Crippen LogP contribution in [-0.2, 0) is 0 Å². The summed E-state index contributed by atoms with van der Waals surface area (Å²) in [7, 11) is 0. The van der Waals surface area contributed by atoms with E-state index in [1.54, 1.807) is 0 Å². The molecule has 1 nitrogen and oxygen atoms in total. The van der Waals surface area contributed by atoms with Crippen LogP contribution >= 0.6 is 0 Å². The molecule has 0 aromatic carbocycles. The van der Waals surface area contributed by atoms with Crippen LogP contribution in [0, 0.1) is 11.3 Å². The molecule has 0 saturated carbocycles. The van der Waals surface area contributed by atoms with Crippen LogP contribution in [0.1, 0.15) is 27.7 Å². The molecule has 0 amide bonds. The largest absolute Gasteiger partial charge is 0.199 e. The molecule has 0 aromatic heterocycles. The van der Waals surface area contributed by atoms with Crippen molar-refractivity contribution in [3.05, 3.63) is 0 Å². The second-order valence-corrected chi connectivity index (χ2v) is 3.51. The van der Waals surface area contributed by atoms with Crippen molar-refractivity contribution in [3.63, 3.8) is 0 Å². The van der Waals surface area contributed by atoms with Crippen LogP contribution in [-0.4, -0.2) is 6.71 Å². The van der Waals surface area contributed by atoms with Gasteiger partial charge in [-0.05, 0) is 0 Å². The summed E-state index contributed by atoms with van der Waals surface area (Å²) in [5.41, 5.74) is 0. The van der Waals surface area contributed by atoms with Gasteiger partial charge in [0.15, 0.2) is 6.71 Å². The molecule has 0 radical (unpaired) electrons. The minimum absolute atomic E-state index is 0.574. The number of nitrogens with zero attached hydrogens (tertiary/aromatic N) is 1. The summed E-state index contributed by atoms with van der Waals surface area (Å²) in [4.78, 5) is 0. The Labute approximate surface area is 64.5 Å². The SMILES string of the molecule is CC(C)B(CC#N)C(C)C. The number of hydrogen-bond donors (Lipinski definition) is 0. The van der Waals surface area contributed by atoms with Crippen LogP contribution in [0.25, 0.3) is 0 Å². The van der Waals surface area contributed by atoms with Gasteiger partial charge in [0.2, 0.25) is 0 Å². The Morgan fingerprint density at radius 2 is 1.60 bits per heavy atom. The van der Waals surface area contributed by atoms with Gasteiger partial charge in [-0.3, -0.25) is 0 Å². The molecule has 0 N–H and O–H groups in total. The van der Waals surface area contributed by atoms with E-state index < -0.39 is 0 Å². The van der Waals surface area contributed by atoms with E-state index >= 15 is 0 Å². The summed E-state index contributed by atoms with van der Waals surface area (Å²) in [6.07, 6.45) is 0.704. The van der Waals surface area contributed by atoms with E-state index in [2.05, 4.69) is 33.8 Å². The van der Waals surface area contributed by atoms with Crippen molar-refractivity contribution in [2.45, 2.75) is 45.6 Å². The second kappa shape index (κ2) is 4.38. The molecule has 2 heteroatoms. The lowest BCUT2D eigenvalue weighted by atomic mass is 9.34. The first kappa shape index (κ1) is 9.55. The number of nitriles is 1. The first-order valence-corrected chi connectivity index (χ1v) is 3.96. The van der Waals surface area contributed by atoms with Gasteiger partial charge < -0.3 is 0 Å². The molecule has 0 heterocycles. The molecule has 0 fully saturated rings. The average Bonchev–Trinajstić information content (AvgIpc) is 1.81. The lowest BCUT2D eigenvalue weighted by Crippen LogP contribution is -2.19. The fraction of sp³-hybridized carbons (Fsp3) is 0.875. The first-order valence-electron chi connectivity index (χ1n) is 3.96. The maximum Gasteiger partial charge on any atom is 0.161 e. The topological polar surface area (TPSA) is 23.8 Å². The third-order valence-electron chi connectivity index (χ3n) is 2.04. The second-order valence-electron chi connectivity index (χ2n) is 3.51. The van der Waals surface area contributed by atoms with Crippen LogP contribution < -0.4 is 0 Å². The zero-order chi connectivity index (χ0) is 8.15. The maximum absolute atomic E-state index is 8.48. The Morgan fingerprint density at radius 1 is 1.20 bits per heavy atom. The van der Waals surface area contributed by atoms with Gasteiger partial charge >= 0.3 is 0 Å². The zero-order valence-electron chi connectivity index (χ0n) is 7.39. The highest BCUT2D eigenvalue weighted by Gasteiger charge is 2.20. The van der Waals surface area contributed by atoms with Gasteiger partial charge in [-0.1, -0.05) is 39.3 Å². The van der Waals surface area contributed by atoms with E-state index in [-0.39, 0.29) is 0 Å². The molecule has 0 atom stereocenters. The van der Waals surface area contributed by atoms with E-state index in [1.165, 1.54) is 0 Å². The van der Waals surface area contributed by atoms with Crippen molar-refractivity contribution in [2.75, 3.05) is 0 Å². The van der Waals surface area contributed by atoms with Crippen LogP contribution in [0.15, 0.2) is 0 Å². The van der Waals surface area contributed by atoms with E-state index in [0.29, 0.717) is 24.7 Å². The molecule has 0 spiro atoms. The standard InChI is InChI=1S/C8H16BN/c1-7(2)9(5-6-10)8(3)4/h7-8H,5H2,1-4H3. The molecule has 56 valence electrons. The summed E-state index contributed by atoms with van der Waals surface area (Å²) >= 11 is 0. The Morgan fingerprint density at radius 3 is 1.70 bits per heavy atom. The summed E-state index contributed by atoms with van der Waals surface area (Å²) in [6.45, 7) is 9.30. The van der Waals surface area contributed by atoms with E-state index in [4.69, 9.17) is 5.26 Å². The van der Waals surface area contributed by atoms with Crippen molar-refractivity contribution in [3.8, 4) is 6.07 Å². The Hall–Kier alpha value is -0.445. The molecule has 0 aromatic rings. The maximum atomic E-state index is 8.48. The summed E-state index contributed by atoms with van der Waals surface area (Å²) in [5.74, 6) is 1.28. The molecular weight excluding hydrogens is 121 g/mol. The lowest BCUT2D eigenvalue weighted by Gasteiger charge is -2.17. The molecular formula is C8H16BN. The predicted octanol–water partition coefficient (Wildman–Crippen LogP) is 2.82. The van der Waals surface area contributed by atoms with E-state index in [9.17, 15) is 0 Å². The van der Waals surface area contributed by atoms with Crippen LogP contribution in [0.5, 0.6) is 0 Å². The van der Waals surface area contributed by atoms with Gasteiger partial charge in [-0.2, -0.15) is 5.26 Å². The van der Waals surface area contributed by atoms with Gasteiger partial charge in [-0.25, -0.2) is 0 Å². The Bertz CT molecular complexity index is 116. The Balaban J connectivity index is 3.88. The molecule has 0 saturated heterocycles. The zero-order valence-corrected chi connectivity index (χ0v) is 7.39. The minimum Gasteiger partial charge on any atom is -0.199 e. The van der Waals surface area contributed by atoms with Crippen molar-refractivity contribution in [2.24, 2.45) is 0 Å². The van der Waals surface area contributed by atoms with E-state index in [0.717, 1.165) is 0 Å². The van der Waals surface area contributed by atoms with Crippen molar-refractivity contribution in [1.82, 2.24) is 0 Å². The highest BCUT2D eigenvalue weighted by Crippen LogP contribution is 2.22. The molecule has 0 unspecified atom stereocenters. The third-order valence-corrected chi connectivity index (χ3v) is 2.04. The van der Waals surface area contributed by atoms with Crippen molar-refractivity contribution >= 4 is 6.71 Å². The van der Waals surface area contributed by atoms with Gasteiger partial charge in [0, 0.05) is 6.32 Å². The molecule has 0 aliphatic carbocycles. The van der Waals surface area contributed by atoms with Crippen LogP contribution in [0.2, 0.25) is 18.0 Å². The molecule has 0 rings (SSSR count). The number of hydrogen-bond acceptors (Lipinski definition) is 1. The molecule has 0 aliphatic heterocycles. The molecule has 0 aliphatic rings. The monoisotopic (exact) mass is 137 g/mol. The minimum atomic E-state index is 0.574. The summed E-state index contributed by atoms with van der Waals surface area (Å²) < 4.78 is 0. The number of rotatable bonds is 3. The van der Waals surface area contributed by atoms with Crippen LogP contribution in [0.4, 0.5) is 0 Å². The highest BCUT2D eigenvalue weighted by atomic mass is 14.2. The smallest absolute Gasteiger partial charge is 0.161 e. The van der Waals surface area contributed by atoms with Gasteiger partial charge in [0.25, 0.3) is 0 Å². The highest BCUT2D eigenvalue weighted by molar-refractivity contribution is 6.62. The van der Waals surface area contributed by atoms with E-state index in [1.807, 2.05) is 0 Å². The lowest BCUT2D eigenvalue weighted by molar-refractivity contribution is 0.932.